The van der Waals surface area contributed by atoms with E-state index in [1.165, 1.54) is 36.6 Å². The molecule has 0 spiro atoms. The van der Waals surface area contributed by atoms with Gasteiger partial charge in [0.1, 0.15) is 5.82 Å². The Morgan fingerprint density at radius 3 is 2.74 bits per heavy atom. The Morgan fingerprint density at radius 1 is 1.43 bits per heavy atom. The first-order valence-electron chi connectivity index (χ1n) is 7.15. The highest BCUT2D eigenvalue weighted by Crippen LogP contribution is 2.23. The summed E-state index contributed by atoms with van der Waals surface area (Å²) in [5, 5.41) is 2.58. The molecule has 1 aliphatic heterocycles. The molecule has 0 bridgehead atoms. The fraction of sp³-hybridized carbons (Fsp3) is 0.500. The van der Waals surface area contributed by atoms with Crippen LogP contribution in [-0.2, 0) is 15.0 Å². The normalized spacial score (nSPS) is 19.8. The lowest BCUT2D eigenvalue weighted by atomic mass is 9.99. The molecule has 1 amide bonds. The Balaban J connectivity index is 2.06. The van der Waals surface area contributed by atoms with Crippen LogP contribution in [0.4, 0.5) is 10.1 Å². The van der Waals surface area contributed by atoms with Crippen LogP contribution in [0.15, 0.2) is 18.2 Å². The monoisotopic (exact) mass is 363 g/mol. The van der Waals surface area contributed by atoms with Crippen LogP contribution in [0.5, 0.6) is 0 Å². The third-order valence-corrected chi connectivity index (χ3v) is 5.93. The third kappa shape index (κ3) is 4.20. The quantitative estimate of drug-likeness (QED) is 0.888. The fourth-order valence-corrected chi connectivity index (χ4v) is 3.79. The number of nitrogens with one attached hydrogen (secondary N) is 1. The molecule has 128 valence electrons. The molecule has 1 saturated heterocycles. The molecule has 1 aromatic rings. The third-order valence-electron chi connectivity index (χ3n) is 3.73. The Morgan fingerprint density at radius 2 is 2.13 bits per heavy atom. The van der Waals surface area contributed by atoms with Crippen molar-refractivity contribution >= 4 is 33.4 Å². The summed E-state index contributed by atoms with van der Waals surface area (Å²) >= 11 is 5.68. The minimum absolute atomic E-state index is 0.0803. The highest BCUT2D eigenvalue weighted by Gasteiger charge is 2.33. The maximum Gasteiger partial charge on any atom is 0.281 e. The molecule has 9 heteroatoms. The zero-order chi connectivity index (χ0) is 17.2. The van der Waals surface area contributed by atoms with E-state index in [1.807, 2.05) is 0 Å². The Kier molecular flexibility index (Phi) is 5.61. The van der Waals surface area contributed by atoms with Crippen molar-refractivity contribution in [2.45, 2.75) is 12.8 Å². The summed E-state index contributed by atoms with van der Waals surface area (Å²) in [5.74, 6) is -1.32. The van der Waals surface area contributed by atoms with E-state index in [0.717, 1.165) is 4.31 Å². The van der Waals surface area contributed by atoms with E-state index in [-0.39, 0.29) is 17.5 Å². The van der Waals surface area contributed by atoms with E-state index in [2.05, 4.69) is 5.32 Å². The van der Waals surface area contributed by atoms with Gasteiger partial charge in [0.15, 0.2) is 0 Å². The maximum absolute atomic E-state index is 13.1. The van der Waals surface area contributed by atoms with Gasteiger partial charge in [-0.15, -0.1) is 0 Å². The van der Waals surface area contributed by atoms with Gasteiger partial charge in [-0.2, -0.15) is 17.0 Å². The van der Waals surface area contributed by atoms with Crippen molar-refractivity contribution in [2.24, 2.45) is 5.92 Å². The second-order valence-corrected chi connectivity index (χ2v) is 8.16. The summed E-state index contributed by atoms with van der Waals surface area (Å²) in [6.45, 7) is 0.522. The zero-order valence-electron chi connectivity index (χ0n) is 12.9. The molecule has 1 atom stereocenters. The van der Waals surface area contributed by atoms with Crippen LogP contribution in [0.3, 0.4) is 0 Å². The number of nitrogens with zero attached hydrogens (tertiary/aromatic N) is 2. The van der Waals surface area contributed by atoms with Gasteiger partial charge >= 0.3 is 0 Å². The van der Waals surface area contributed by atoms with Crippen LogP contribution in [0.2, 0.25) is 5.02 Å². The fourth-order valence-electron chi connectivity index (χ4n) is 2.42. The first-order valence-corrected chi connectivity index (χ1v) is 8.93. The molecule has 1 fully saturated rings. The highest BCUT2D eigenvalue weighted by molar-refractivity contribution is 7.86. The average molecular weight is 364 g/mol. The van der Waals surface area contributed by atoms with E-state index < -0.39 is 21.9 Å². The molecule has 0 aromatic heterocycles. The number of anilines is 1. The first-order chi connectivity index (χ1) is 10.7. The van der Waals surface area contributed by atoms with Crippen molar-refractivity contribution in [1.82, 2.24) is 8.61 Å². The van der Waals surface area contributed by atoms with Crippen molar-refractivity contribution in [3.63, 3.8) is 0 Å². The second kappa shape index (κ2) is 7.12. The number of halogens is 2. The van der Waals surface area contributed by atoms with E-state index in [0.29, 0.717) is 25.1 Å². The molecule has 1 aliphatic rings. The van der Waals surface area contributed by atoms with Crippen LogP contribution in [0.25, 0.3) is 0 Å². The number of hydrogen-bond acceptors (Lipinski definition) is 3. The molecule has 23 heavy (non-hydrogen) atoms. The van der Waals surface area contributed by atoms with Gasteiger partial charge in [0.05, 0.1) is 10.9 Å². The number of piperidine rings is 1. The number of amides is 1. The van der Waals surface area contributed by atoms with Crippen LogP contribution in [0.1, 0.15) is 12.8 Å². The molecule has 0 radical (unpaired) electrons. The summed E-state index contributed by atoms with van der Waals surface area (Å²) in [7, 11) is -0.620. The second-order valence-electron chi connectivity index (χ2n) is 5.61. The number of carbonyl (C=O) groups is 1. The largest absolute Gasteiger partial charge is 0.326 e. The lowest BCUT2D eigenvalue weighted by molar-refractivity contribution is -0.120. The minimum atomic E-state index is -3.54. The van der Waals surface area contributed by atoms with Crippen molar-refractivity contribution in [3.8, 4) is 0 Å². The lowest BCUT2D eigenvalue weighted by Crippen LogP contribution is -2.47. The summed E-state index contributed by atoms with van der Waals surface area (Å²) < 4.78 is 39.9. The molecule has 2 rings (SSSR count). The highest BCUT2D eigenvalue weighted by atomic mass is 35.5. The predicted molar refractivity (Wildman–Crippen MR) is 86.9 cm³/mol. The molecule has 1 aromatic carbocycles. The smallest absolute Gasteiger partial charge is 0.281 e. The van der Waals surface area contributed by atoms with Crippen LogP contribution < -0.4 is 5.32 Å². The van der Waals surface area contributed by atoms with Gasteiger partial charge in [-0.05, 0) is 31.0 Å². The topological polar surface area (TPSA) is 69.7 Å². The molecule has 0 aliphatic carbocycles. The molecule has 1 N–H and O–H groups in total. The van der Waals surface area contributed by atoms with Gasteiger partial charge in [-0.25, -0.2) is 4.39 Å². The first kappa shape index (κ1) is 18.1. The SMILES string of the molecule is CN(C)S(=O)(=O)N1CCCC(C(=O)Nc2ccc(F)c(Cl)c2)C1. The molecular formula is C14H19ClFN3O3S. The molecule has 6 nitrogen and oxygen atoms in total. The summed E-state index contributed by atoms with van der Waals surface area (Å²) in [6.07, 6.45) is 1.20. The number of hydrogen-bond donors (Lipinski definition) is 1. The zero-order valence-corrected chi connectivity index (χ0v) is 14.5. The Labute approximate surface area is 140 Å². The van der Waals surface area contributed by atoms with Crippen molar-refractivity contribution in [2.75, 3.05) is 32.5 Å². The van der Waals surface area contributed by atoms with Gasteiger partial charge in [-0.1, -0.05) is 11.6 Å². The number of rotatable bonds is 4. The molecule has 1 unspecified atom stereocenters. The summed E-state index contributed by atoms with van der Waals surface area (Å²) in [4.78, 5) is 12.3. The standard InChI is InChI=1S/C14H19ClFN3O3S/c1-18(2)23(21,22)19-7-3-4-10(9-19)14(20)17-11-5-6-13(16)12(15)8-11/h5-6,8,10H,3-4,7,9H2,1-2H3,(H,17,20). The van der Waals surface area contributed by atoms with E-state index in [9.17, 15) is 17.6 Å². The van der Waals surface area contributed by atoms with Gasteiger partial charge in [-0.3, -0.25) is 4.79 Å². The van der Waals surface area contributed by atoms with Gasteiger partial charge < -0.3 is 5.32 Å². The Hall–Kier alpha value is -1.22. The maximum atomic E-state index is 13.1. The summed E-state index contributed by atoms with van der Waals surface area (Å²) in [5.41, 5.74) is 0.383. The molecular weight excluding hydrogens is 345 g/mol. The van der Waals surface area contributed by atoms with E-state index in [1.54, 1.807) is 0 Å². The number of carbonyl (C=O) groups excluding carboxylic acids is 1. The van der Waals surface area contributed by atoms with Crippen LogP contribution in [0, 0.1) is 11.7 Å². The number of benzene rings is 1. The van der Waals surface area contributed by atoms with Crippen molar-refractivity contribution in [3.05, 3.63) is 29.0 Å². The van der Waals surface area contributed by atoms with E-state index >= 15 is 0 Å². The van der Waals surface area contributed by atoms with Crippen LogP contribution in [-0.4, -0.2) is 50.1 Å². The molecule has 1 heterocycles. The van der Waals surface area contributed by atoms with Gasteiger partial charge in [0.25, 0.3) is 10.2 Å². The lowest BCUT2D eigenvalue weighted by Gasteiger charge is -2.32. The van der Waals surface area contributed by atoms with Crippen LogP contribution >= 0.6 is 11.6 Å². The summed E-state index contributed by atoms with van der Waals surface area (Å²) in [6, 6.07) is 3.91. The van der Waals surface area contributed by atoms with Crippen molar-refractivity contribution in [1.29, 1.82) is 0 Å². The average Bonchev–Trinajstić information content (AvgIpc) is 2.51. The van der Waals surface area contributed by atoms with Gasteiger partial charge in [0.2, 0.25) is 5.91 Å². The molecule has 0 saturated carbocycles. The van der Waals surface area contributed by atoms with Crippen molar-refractivity contribution < 1.29 is 17.6 Å². The minimum Gasteiger partial charge on any atom is -0.326 e. The van der Waals surface area contributed by atoms with Gasteiger partial charge in [0, 0.05) is 32.9 Å². The Bertz CT molecular complexity index is 697. The predicted octanol–water partition coefficient (Wildman–Crippen LogP) is 1.94. The van der Waals surface area contributed by atoms with E-state index in [4.69, 9.17) is 11.6 Å².